The van der Waals surface area contributed by atoms with Gasteiger partial charge in [0.25, 0.3) is 17.3 Å². The second kappa shape index (κ2) is 7.51. The van der Waals surface area contributed by atoms with Gasteiger partial charge in [0, 0.05) is 12.1 Å². The van der Waals surface area contributed by atoms with Crippen LogP contribution in [0.3, 0.4) is 0 Å². The Labute approximate surface area is 148 Å². The molecule has 0 unspecified atom stereocenters. The highest BCUT2D eigenvalue weighted by Crippen LogP contribution is 2.22. The number of hydrogen-bond donors (Lipinski definition) is 1. The van der Waals surface area contributed by atoms with Crippen LogP contribution in [-0.4, -0.2) is 21.5 Å². The van der Waals surface area contributed by atoms with Crippen LogP contribution in [0.15, 0.2) is 41.5 Å². The zero-order valence-corrected chi connectivity index (χ0v) is 14.3. The Hall–Kier alpha value is -3.62. The van der Waals surface area contributed by atoms with Crippen LogP contribution in [0.25, 0.3) is 0 Å². The fraction of sp³-hybridized carbons (Fsp3) is 0.176. The number of benzene rings is 2. The minimum absolute atomic E-state index is 0.220. The Balaban J connectivity index is 2.27. The molecule has 0 spiro atoms. The van der Waals surface area contributed by atoms with Crippen LogP contribution in [-0.2, 0) is 0 Å². The molecule has 9 heteroatoms. The minimum Gasteiger partial charge on any atom is -0.267 e. The second-order valence-corrected chi connectivity index (χ2v) is 5.69. The zero-order valence-electron chi connectivity index (χ0n) is 14.3. The largest absolute Gasteiger partial charge is 0.277 e. The van der Waals surface area contributed by atoms with Crippen molar-refractivity contribution in [1.29, 1.82) is 0 Å². The molecule has 0 heterocycles. The van der Waals surface area contributed by atoms with E-state index in [1.807, 2.05) is 32.0 Å². The molecule has 0 saturated heterocycles. The van der Waals surface area contributed by atoms with Gasteiger partial charge in [0.05, 0.1) is 27.2 Å². The van der Waals surface area contributed by atoms with E-state index in [0.29, 0.717) is 5.71 Å². The number of aryl methyl sites for hydroxylation is 2. The van der Waals surface area contributed by atoms with Crippen LogP contribution in [0, 0.1) is 34.1 Å². The number of hydrazone groups is 1. The number of carbonyl (C=O) groups is 1. The maximum Gasteiger partial charge on any atom is 0.277 e. The van der Waals surface area contributed by atoms with Crippen LogP contribution < -0.4 is 5.43 Å². The molecule has 0 bridgehead atoms. The van der Waals surface area contributed by atoms with Crippen molar-refractivity contribution < 1.29 is 14.6 Å². The van der Waals surface area contributed by atoms with Gasteiger partial charge >= 0.3 is 0 Å². The molecule has 1 amide bonds. The highest BCUT2D eigenvalue weighted by molar-refractivity contribution is 6.01. The number of carbonyl (C=O) groups excluding carboxylic acids is 1. The molecule has 0 radical (unpaired) electrons. The summed E-state index contributed by atoms with van der Waals surface area (Å²) in [5, 5.41) is 25.7. The summed E-state index contributed by atoms with van der Waals surface area (Å²) in [6.45, 7) is 5.62. The van der Waals surface area contributed by atoms with Crippen molar-refractivity contribution in [3.63, 3.8) is 0 Å². The molecule has 2 aromatic carbocycles. The predicted molar refractivity (Wildman–Crippen MR) is 95.3 cm³/mol. The number of amides is 1. The summed E-state index contributed by atoms with van der Waals surface area (Å²) in [5.41, 5.74) is 4.48. The van der Waals surface area contributed by atoms with E-state index in [9.17, 15) is 25.0 Å². The van der Waals surface area contributed by atoms with Crippen molar-refractivity contribution in [2.45, 2.75) is 20.8 Å². The number of non-ortho nitro benzene ring substituents is 2. The molecule has 0 aliphatic rings. The first-order chi connectivity index (χ1) is 12.2. The minimum atomic E-state index is -0.798. The Kier molecular flexibility index (Phi) is 5.41. The fourth-order valence-electron chi connectivity index (χ4n) is 2.17. The first kappa shape index (κ1) is 18.7. The van der Waals surface area contributed by atoms with Crippen LogP contribution in [0.2, 0.25) is 0 Å². The fourth-order valence-corrected chi connectivity index (χ4v) is 2.17. The SMILES string of the molecule is CC(=NNC(=O)c1cc([N+](=O)[O-])cc([N+](=O)[O-])c1)c1ccc(C)c(C)c1. The van der Waals surface area contributed by atoms with Gasteiger partial charge in [0.2, 0.25) is 0 Å². The lowest BCUT2D eigenvalue weighted by atomic mass is 10.0. The highest BCUT2D eigenvalue weighted by atomic mass is 16.6. The third kappa shape index (κ3) is 4.26. The Morgan fingerprint density at radius 3 is 2.00 bits per heavy atom. The van der Waals surface area contributed by atoms with Crippen molar-refractivity contribution in [3.05, 3.63) is 78.9 Å². The quantitative estimate of drug-likeness (QED) is 0.499. The van der Waals surface area contributed by atoms with Gasteiger partial charge in [-0.25, -0.2) is 5.43 Å². The van der Waals surface area contributed by atoms with E-state index < -0.39 is 27.1 Å². The number of nitrogens with zero attached hydrogens (tertiary/aromatic N) is 3. The summed E-state index contributed by atoms with van der Waals surface area (Å²) in [7, 11) is 0. The van der Waals surface area contributed by atoms with Gasteiger partial charge in [-0.2, -0.15) is 5.10 Å². The van der Waals surface area contributed by atoms with E-state index in [-0.39, 0.29) is 5.56 Å². The Bertz CT molecular complexity index is 904. The van der Waals surface area contributed by atoms with Gasteiger partial charge in [-0.3, -0.25) is 25.0 Å². The molecule has 0 aliphatic heterocycles. The van der Waals surface area contributed by atoms with Gasteiger partial charge in [-0.15, -0.1) is 0 Å². The average molecular weight is 356 g/mol. The lowest BCUT2D eigenvalue weighted by Crippen LogP contribution is -2.19. The maximum absolute atomic E-state index is 12.2. The lowest BCUT2D eigenvalue weighted by molar-refractivity contribution is -0.394. The Morgan fingerprint density at radius 2 is 1.50 bits per heavy atom. The van der Waals surface area contributed by atoms with Crippen LogP contribution in [0.4, 0.5) is 11.4 Å². The van der Waals surface area contributed by atoms with E-state index in [1.165, 1.54) is 0 Å². The third-order valence-electron chi connectivity index (χ3n) is 3.84. The summed E-state index contributed by atoms with van der Waals surface area (Å²) in [6, 6.07) is 8.41. The average Bonchev–Trinajstić information content (AvgIpc) is 2.61. The molecule has 0 aromatic heterocycles. The molecular weight excluding hydrogens is 340 g/mol. The molecule has 134 valence electrons. The number of rotatable bonds is 5. The van der Waals surface area contributed by atoms with Crippen molar-refractivity contribution in [3.8, 4) is 0 Å². The first-order valence-electron chi connectivity index (χ1n) is 7.55. The number of hydrogen-bond acceptors (Lipinski definition) is 6. The molecule has 0 aliphatic carbocycles. The van der Waals surface area contributed by atoms with Crippen molar-refractivity contribution >= 4 is 23.0 Å². The third-order valence-corrected chi connectivity index (χ3v) is 3.84. The molecule has 0 atom stereocenters. The monoisotopic (exact) mass is 356 g/mol. The summed E-state index contributed by atoms with van der Waals surface area (Å²) in [4.78, 5) is 32.4. The van der Waals surface area contributed by atoms with Crippen molar-refractivity contribution in [2.24, 2.45) is 5.10 Å². The topological polar surface area (TPSA) is 128 Å². The summed E-state index contributed by atoms with van der Waals surface area (Å²) < 4.78 is 0. The smallest absolute Gasteiger partial charge is 0.267 e. The molecule has 1 N–H and O–H groups in total. The maximum atomic E-state index is 12.2. The predicted octanol–water partition coefficient (Wildman–Crippen LogP) is 3.27. The number of nitro benzene ring substituents is 2. The molecule has 9 nitrogen and oxygen atoms in total. The standard InChI is InChI=1S/C17H16N4O5/c1-10-4-5-13(6-11(10)2)12(3)18-19-17(22)14-7-15(20(23)24)9-16(8-14)21(25)26/h4-9H,1-3H3,(H,19,22). The molecule has 2 aromatic rings. The van der Waals surface area contributed by atoms with Crippen LogP contribution in [0.1, 0.15) is 34.0 Å². The van der Waals surface area contributed by atoms with Gasteiger partial charge in [-0.1, -0.05) is 12.1 Å². The normalized spacial score (nSPS) is 11.1. The first-order valence-corrected chi connectivity index (χ1v) is 7.55. The van der Waals surface area contributed by atoms with E-state index in [4.69, 9.17) is 0 Å². The molecule has 2 rings (SSSR count). The number of nitrogens with one attached hydrogen (secondary N) is 1. The van der Waals surface area contributed by atoms with Crippen LogP contribution in [0.5, 0.6) is 0 Å². The van der Waals surface area contributed by atoms with Crippen molar-refractivity contribution in [1.82, 2.24) is 5.43 Å². The lowest BCUT2D eigenvalue weighted by Gasteiger charge is -2.06. The van der Waals surface area contributed by atoms with Crippen LogP contribution >= 0.6 is 0 Å². The summed E-state index contributed by atoms with van der Waals surface area (Å²) >= 11 is 0. The highest BCUT2D eigenvalue weighted by Gasteiger charge is 2.19. The number of nitro groups is 2. The molecule has 0 saturated carbocycles. The van der Waals surface area contributed by atoms with E-state index >= 15 is 0 Å². The molecule has 0 fully saturated rings. The van der Waals surface area contributed by atoms with E-state index in [1.54, 1.807) is 6.92 Å². The summed E-state index contributed by atoms with van der Waals surface area (Å²) in [5.74, 6) is -0.778. The van der Waals surface area contributed by atoms with E-state index in [0.717, 1.165) is 34.9 Å². The van der Waals surface area contributed by atoms with Gasteiger partial charge in [-0.05, 0) is 43.5 Å². The Morgan fingerprint density at radius 1 is 0.923 bits per heavy atom. The van der Waals surface area contributed by atoms with Gasteiger partial charge < -0.3 is 0 Å². The molecule has 26 heavy (non-hydrogen) atoms. The molecular formula is C17H16N4O5. The van der Waals surface area contributed by atoms with E-state index in [2.05, 4.69) is 10.5 Å². The van der Waals surface area contributed by atoms with Gasteiger partial charge in [0.15, 0.2) is 0 Å². The zero-order chi connectivity index (χ0) is 19.4. The second-order valence-electron chi connectivity index (χ2n) is 5.69. The van der Waals surface area contributed by atoms with Gasteiger partial charge in [0.1, 0.15) is 0 Å². The van der Waals surface area contributed by atoms with Crippen molar-refractivity contribution in [2.75, 3.05) is 0 Å². The summed E-state index contributed by atoms with van der Waals surface area (Å²) in [6.07, 6.45) is 0.